The molecule has 0 radical (unpaired) electrons. The average Bonchev–Trinajstić information content (AvgIpc) is 2.81. The van der Waals surface area contributed by atoms with E-state index in [1.807, 2.05) is 6.92 Å². The summed E-state index contributed by atoms with van der Waals surface area (Å²) >= 11 is 5.59. The van der Waals surface area contributed by atoms with Crippen LogP contribution in [0.4, 0.5) is 16.1 Å². The second-order valence-electron chi connectivity index (χ2n) is 3.33. The zero-order valence-corrected chi connectivity index (χ0v) is 9.99. The van der Waals surface area contributed by atoms with Crippen LogP contribution in [0, 0.1) is 5.82 Å². The lowest BCUT2D eigenvalue weighted by molar-refractivity contribution is 0.514. The normalized spacial score (nSPS) is 10.5. The van der Waals surface area contributed by atoms with Crippen molar-refractivity contribution in [1.82, 2.24) is 10.2 Å². The summed E-state index contributed by atoms with van der Waals surface area (Å²) in [4.78, 5) is 1.78. The molecule has 2 aromatic rings. The van der Waals surface area contributed by atoms with Crippen molar-refractivity contribution < 1.29 is 8.81 Å². The van der Waals surface area contributed by atoms with Gasteiger partial charge < -0.3 is 4.42 Å². The average molecular weight is 256 g/mol. The number of nitrogens with zero attached hydrogens (tertiary/aromatic N) is 3. The molecular weight excluding hydrogens is 245 g/mol. The van der Waals surface area contributed by atoms with E-state index in [9.17, 15) is 4.39 Å². The van der Waals surface area contributed by atoms with Crippen molar-refractivity contribution in [3.8, 4) is 0 Å². The van der Waals surface area contributed by atoms with E-state index < -0.39 is 0 Å². The molecule has 90 valence electrons. The molecule has 0 atom stereocenters. The van der Waals surface area contributed by atoms with Gasteiger partial charge in [-0.25, -0.2) is 4.39 Å². The largest absolute Gasteiger partial charge is 0.406 e. The highest BCUT2D eigenvalue weighted by Gasteiger charge is 2.14. The van der Waals surface area contributed by atoms with Crippen LogP contribution in [0.25, 0.3) is 0 Å². The Morgan fingerprint density at radius 1 is 1.29 bits per heavy atom. The van der Waals surface area contributed by atoms with Crippen LogP contribution in [-0.2, 0) is 5.88 Å². The number of hydrogen-bond acceptors (Lipinski definition) is 4. The van der Waals surface area contributed by atoms with Gasteiger partial charge in [0.1, 0.15) is 11.7 Å². The second-order valence-corrected chi connectivity index (χ2v) is 3.60. The summed E-state index contributed by atoms with van der Waals surface area (Å²) in [5.41, 5.74) is 0.790. The lowest BCUT2D eigenvalue weighted by Gasteiger charge is -2.17. The van der Waals surface area contributed by atoms with Gasteiger partial charge in [0, 0.05) is 12.2 Å². The van der Waals surface area contributed by atoms with Crippen molar-refractivity contribution in [3.63, 3.8) is 0 Å². The summed E-state index contributed by atoms with van der Waals surface area (Å²) in [7, 11) is 0. The summed E-state index contributed by atoms with van der Waals surface area (Å²) < 4.78 is 18.2. The van der Waals surface area contributed by atoms with Gasteiger partial charge in [-0.1, -0.05) is 5.10 Å². The molecule has 0 aliphatic rings. The number of anilines is 2. The molecule has 0 saturated heterocycles. The molecule has 1 aromatic carbocycles. The van der Waals surface area contributed by atoms with Crippen molar-refractivity contribution >= 4 is 23.3 Å². The second kappa shape index (κ2) is 5.14. The third kappa shape index (κ3) is 2.55. The Morgan fingerprint density at radius 3 is 2.53 bits per heavy atom. The first-order chi connectivity index (χ1) is 8.24. The van der Waals surface area contributed by atoms with Crippen molar-refractivity contribution in [2.45, 2.75) is 12.8 Å². The van der Waals surface area contributed by atoms with Crippen LogP contribution in [0.2, 0.25) is 0 Å². The number of halogens is 2. The molecule has 2 rings (SSSR count). The SMILES string of the molecule is CCN(c1ccc(F)cc1)c1nnc(CCl)o1. The van der Waals surface area contributed by atoms with Crippen molar-refractivity contribution in [2.75, 3.05) is 11.4 Å². The summed E-state index contributed by atoms with van der Waals surface area (Å²) in [6.45, 7) is 2.57. The van der Waals surface area contributed by atoms with E-state index in [2.05, 4.69) is 10.2 Å². The minimum atomic E-state index is -0.281. The molecule has 0 spiro atoms. The van der Waals surface area contributed by atoms with Gasteiger partial charge in [-0.05, 0) is 31.2 Å². The maximum absolute atomic E-state index is 12.8. The Kier molecular flexibility index (Phi) is 3.58. The third-order valence-electron chi connectivity index (χ3n) is 2.26. The fourth-order valence-electron chi connectivity index (χ4n) is 1.46. The van der Waals surface area contributed by atoms with E-state index in [1.165, 1.54) is 12.1 Å². The molecule has 1 heterocycles. The lowest BCUT2D eigenvalue weighted by Crippen LogP contribution is -2.16. The zero-order valence-electron chi connectivity index (χ0n) is 9.23. The summed E-state index contributed by atoms with van der Waals surface area (Å²) in [5, 5.41) is 7.67. The maximum Gasteiger partial charge on any atom is 0.322 e. The van der Waals surface area contributed by atoms with Gasteiger partial charge in [-0.15, -0.1) is 16.7 Å². The summed E-state index contributed by atoms with van der Waals surface area (Å²) in [6.07, 6.45) is 0. The molecule has 0 aliphatic carbocycles. The molecule has 0 saturated carbocycles. The number of alkyl halides is 1. The van der Waals surface area contributed by atoms with E-state index in [0.717, 1.165) is 5.69 Å². The molecule has 0 aliphatic heterocycles. The van der Waals surface area contributed by atoms with Crippen molar-refractivity contribution in [2.24, 2.45) is 0 Å². The third-order valence-corrected chi connectivity index (χ3v) is 2.48. The van der Waals surface area contributed by atoms with Crippen LogP contribution in [-0.4, -0.2) is 16.7 Å². The molecule has 4 nitrogen and oxygen atoms in total. The van der Waals surface area contributed by atoms with Gasteiger partial charge in [0.2, 0.25) is 5.89 Å². The molecule has 6 heteroatoms. The van der Waals surface area contributed by atoms with E-state index in [-0.39, 0.29) is 11.7 Å². The van der Waals surface area contributed by atoms with E-state index >= 15 is 0 Å². The van der Waals surface area contributed by atoms with Gasteiger partial charge in [-0.2, -0.15) is 0 Å². The van der Waals surface area contributed by atoms with Crippen LogP contribution in [0.15, 0.2) is 28.7 Å². The van der Waals surface area contributed by atoms with E-state index in [0.29, 0.717) is 18.5 Å². The first-order valence-corrected chi connectivity index (χ1v) is 5.69. The molecule has 0 amide bonds. The summed E-state index contributed by atoms with van der Waals surface area (Å²) in [6, 6.07) is 6.44. The number of aromatic nitrogens is 2. The first kappa shape index (κ1) is 11.9. The Bertz CT molecular complexity index is 486. The molecule has 17 heavy (non-hydrogen) atoms. The van der Waals surface area contributed by atoms with Gasteiger partial charge in [0.15, 0.2) is 0 Å². The Labute approximate surface area is 103 Å². The van der Waals surface area contributed by atoms with Crippen molar-refractivity contribution in [1.29, 1.82) is 0 Å². The quantitative estimate of drug-likeness (QED) is 0.788. The standard InChI is InChI=1S/C11H11ClFN3O/c1-2-16(9-5-3-8(13)4-6-9)11-15-14-10(7-12)17-11/h3-6H,2,7H2,1H3. The van der Waals surface area contributed by atoms with Gasteiger partial charge in [-0.3, -0.25) is 4.90 Å². The zero-order chi connectivity index (χ0) is 12.3. The minimum Gasteiger partial charge on any atom is -0.406 e. The monoisotopic (exact) mass is 255 g/mol. The maximum atomic E-state index is 12.8. The molecule has 0 fully saturated rings. The van der Waals surface area contributed by atoms with Crippen LogP contribution in [0.1, 0.15) is 12.8 Å². The smallest absolute Gasteiger partial charge is 0.322 e. The Balaban J connectivity index is 2.29. The van der Waals surface area contributed by atoms with Crippen LogP contribution < -0.4 is 4.90 Å². The molecule has 0 N–H and O–H groups in total. The Morgan fingerprint density at radius 2 is 2.00 bits per heavy atom. The molecule has 0 bridgehead atoms. The fraction of sp³-hybridized carbons (Fsp3) is 0.273. The molecular formula is C11H11ClFN3O. The van der Waals surface area contributed by atoms with Gasteiger partial charge >= 0.3 is 6.01 Å². The van der Waals surface area contributed by atoms with Gasteiger partial charge in [0.05, 0.1) is 0 Å². The lowest BCUT2D eigenvalue weighted by atomic mass is 10.3. The topological polar surface area (TPSA) is 42.2 Å². The van der Waals surface area contributed by atoms with E-state index in [4.69, 9.17) is 16.0 Å². The number of benzene rings is 1. The molecule has 1 aromatic heterocycles. The fourth-order valence-corrected chi connectivity index (χ4v) is 1.57. The predicted molar refractivity (Wildman–Crippen MR) is 62.9 cm³/mol. The molecule has 0 unspecified atom stereocenters. The van der Waals surface area contributed by atoms with Crippen molar-refractivity contribution in [3.05, 3.63) is 36.0 Å². The first-order valence-electron chi connectivity index (χ1n) is 5.16. The highest BCUT2D eigenvalue weighted by molar-refractivity contribution is 6.16. The van der Waals surface area contributed by atoms with Gasteiger partial charge in [0.25, 0.3) is 0 Å². The minimum absolute atomic E-state index is 0.175. The number of rotatable bonds is 4. The van der Waals surface area contributed by atoms with E-state index in [1.54, 1.807) is 17.0 Å². The highest BCUT2D eigenvalue weighted by atomic mass is 35.5. The van der Waals surface area contributed by atoms with Crippen LogP contribution in [0.5, 0.6) is 0 Å². The van der Waals surface area contributed by atoms with Crippen LogP contribution >= 0.6 is 11.6 Å². The number of hydrogen-bond donors (Lipinski definition) is 0. The predicted octanol–water partition coefficient (Wildman–Crippen LogP) is 3.11. The highest BCUT2D eigenvalue weighted by Crippen LogP contribution is 2.24. The van der Waals surface area contributed by atoms with Crippen LogP contribution in [0.3, 0.4) is 0 Å². The Hall–Kier alpha value is -1.62. The summed E-state index contributed by atoms with van der Waals surface area (Å²) in [5.74, 6) is 0.257.